The molecule has 1 heterocycles. The van der Waals surface area contributed by atoms with Crippen molar-refractivity contribution in [3.05, 3.63) is 48.2 Å². The maximum atomic E-state index is 10.2. The normalized spacial score (nSPS) is 12.8. The summed E-state index contributed by atoms with van der Waals surface area (Å²) in [4.78, 5) is 4.82. The van der Waals surface area contributed by atoms with Crippen molar-refractivity contribution in [2.75, 3.05) is 0 Å². The van der Waals surface area contributed by atoms with Crippen LogP contribution in [0.4, 0.5) is 0 Å². The quantitative estimate of drug-likeness (QED) is 0.834. The zero-order valence-corrected chi connectivity index (χ0v) is 12.6. The molecule has 0 aliphatic rings. The van der Waals surface area contributed by atoms with E-state index in [1.54, 1.807) is 23.7 Å². The minimum absolute atomic E-state index is 0.631. The number of aliphatic hydroxyl groups is 1. The largest absolute Gasteiger partial charge is 0.383 e. The fourth-order valence-corrected chi connectivity index (χ4v) is 3.60. The van der Waals surface area contributed by atoms with Gasteiger partial charge in [-0.25, -0.2) is 4.98 Å². The highest BCUT2D eigenvalue weighted by Gasteiger charge is 2.18. The number of halogens is 3. The molecule has 0 aliphatic heterocycles. The van der Waals surface area contributed by atoms with Gasteiger partial charge in [-0.1, -0.05) is 33.6 Å². The Bertz CT molecular complexity index is 517. The van der Waals surface area contributed by atoms with Crippen LogP contribution < -0.4 is 0 Å². The number of hydrogen-bond acceptors (Lipinski definition) is 3. The molecule has 0 aliphatic carbocycles. The van der Waals surface area contributed by atoms with Gasteiger partial charge in [0.05, 0.1) is 10.4 Å². The third kappa shape index (κ3) is 2.49. The SMILES string of the molecule is OC(c1ccc(Cl)cc1Br)c1scnc1Br. The lowest BCUT2D eigenvalue weighted by Gasteiger charge is -2.11. The summed E-state index contributed by atoms with van der Waals surface area (Å²) >= 11 is 13.9. The molecule has 16 heavy (non-hydrogen) atoms. The fourth-order valence-electron chi connectivity index (χ4n) is 1.28. The van der Waals surface area contributed by atoms with Crippen LogP contribution >= 0.6 is 54.8 Å². The Balaban J connectivity index is 2.41. The summed E-state index contributed by atoms with van der Waals surface area (Å²) in [6.45, 7) is 0. The highest BCUT2D eigenvalue weighted by Crippen LogP contribution is 2.35. The maximum absolute atomic E-state index is 10.2. The standard InChI is InChI=1S/C10H6Br2ClNOS/c11-7-3-5(13)1-2-6(7)8(15)9-10(12)14-4-16-9/h1-4,8,15H. The van der Waals surface area contributed by atoms with Crippen LogP contribution in [0.2, 0.25) is 5.02 Å². The second kappa shape index (κ2) is 5.14. The first-order chi connectivity index (χ1) is 7.59. The molecule has 0 saturated carbocycles. The Morgan fingerprint density at radius 3 is 2.69 bits per heavy atom. The fraction of sp³-hybridized carbons (Fsp3) is 0.100. The van der Waals surface area contributed by atoms with Gasteiger partial charge < -0.3 is 5.11 Å². The predicted molar refractivity (Wildman–Crippen MR) is 73.0 cm³/mol. The monoisotopic (exact) mass is 381 g/mol. The summed E-state index contributed by atoms with van der Waals surface area (Å²) in [6, 6.07) is 5.30. The van der Waals surface area contributed by atoms with E-state index in [1.165, 1.54) is 11.3 Å². The summed E-state index contributed by atoms with van der Waals surface area (Å²) < 4.78 is 1.46. The van der Waals surface area contributed by atoms with Crippen molar-refractivity contribution in [3.63, 3.8) is 0 Å². The van der Waals surface area contributed by atoms with Crippen LogP contribution in [0.3, 0.4) is 0 Å². The van der Waals surface area contributed by atoms with Crippen molar-refractivity contribution in [3.8, 4) is 0 Å². The van der Waals surface area contributed by atoms with Gasteiger partial charge in [0, 0.05) is 15.1 Å². The van der Waals surface area contributed by atoms with Gasteiger partial charge in [0.25, 0.3) is 0 Å². The second-order valence-electron chi connectivity index (χ2n) is 3.08. The maximum Gasteiger partial charge on any atom is 0.123 e. The Labute approximate surface area is 119 Å². The van der Waals surface area contributed by atoms with E-state index in [0.29, 0.717) is 9.63 Å². The third-order valence-electron chi connectivity index (χ3n) is 2.05. The molecule has 1 atom stereocenters. The molecule has 0 fully saturated rings. The van der Waals surface area contributed by atoms with Crippen LogP contribution in [0.5, 0.6) is 0 Å². The molecule has 0 saturated heterocycles. The van der Waals surface area contributed by atoms with Crippen molar-refractivity contribution in [2.24, 2.45) is 0 Å². The minimum atomic E-state index is -0.700. The third-order valence-corrected chi connectivity index (χ3v) is 4.75. The van der Waals surface area contributed by atoms with Crippen LogP contribution in [-0.4, -0.2) is 10.1 Å². The molecule has 0 amide bonds. The van der Waals surface area contributed by atoms with Gasteiger partial charge in [-0.2, -0.15) is 0 Å². The molecule has 0 radical (unpaired) electrons. The summed E-state index contributed by atoms with van der Waals surface area (Å²) in [5, 5.41) is 10.8. The average molecular weight is 383 g/mol. The van der Waals surface area contributed by atoms with Gasteiger partial charge in [-0.3, -0.25) is 0 Å². The van der Waals surface area contributed by atoms with Gasteiger partial charge >= 0.3 is 0 Å². The number of rotatable bonds is 2. The zero-order valence-electron chi connectivity index (χ0n) is 7.82. The molecular formula is C10H6Br2ClNOS. The lowest BCUT2D eigenvalue weighted by molar-refractivity contribution is 0.222. The molecule has 1 aromatic heterocycles. The molecule has 1 aromatic carbocycles. The topological polar surface area (TPSA) is 33.1 Å². The molecule has 0 spiro atoms. The van der Waals surface area contributed by atoms with E-state index in [2.05, 4.69) is 36.8 Å². The summed E-state index contributed by atoms with van der Waals surface area (Å²) in [5.74, 6) is 0. The first-order valence-corrected chi connectivity index (χ1v) is 7.16. The van der Waals surface area contributed by atoms with Gasteiger partial charge in [-0.05, 0) is 28.1 Å². The first kappa shape index (κ1) is 12.5. The smallest absolute Gasteiger partial charge is 0.123 e. The Morgan fingerprint density at radius 2 is 2.12 bits per heavy atom. The summed E-state index contributed by atoms with van der Waals surface area (Å²) in [5.41, 5.74) is 2.46. The number of hydrogen-bond donors (Lipinski definition) is 1. The van der Waals surface area contributed by atoms with E-state index in [-0.39, 0.29) is 0 Å². The Morgan fingerprint density at radius 1 is 1.38 bits per heavy atom. The number of nitrogens with zero attached hydrogens (tertiary/aromatic N) is 1. The van der Waals surface area contributed by atoms with Crippen molar-refractivity contribution < 1.29 is 5.11 Å². The van der Waals surface area contributed by atoms with Crippen molar-refractivity contribution >= 4 is 54.8 Å². The Kier molecular flexibility index (Phi) is 4.02. The first-order valence-electron chi connectivity index (χ1n) is 4.31. The number of thiazole rings is 1. The molecule has 84 valence electrons. The summed E-state index contributed by atoms with van der Waals surface area (Å²) in [7, 11) is 0. The van der Waals surface area contributed by atoms with Gasteiger partial charge in [0.1, 0.15) is 10.7 Å². The van der Waals surface area contributed by atoms with Gasteiger partial charge in [-0.15, -0.1) is 11.3 Å². The van der Waals surface area contributed by atoms with Crippen LogP contribution in [0.25, 0.3) is 0 Å². The molecule has 2 nitrogen and oxygen atoms in total. The van der Waals surface area contributed by atoms with Crippen molar-refractivity contribution in [2.45, 2.75) is 6.10 Å². The summed E-state index contributed by atoms with van der Waals surface area (Å²) in [6.07, 6.45) is -0.700. The van der Waals surface area contributed by atoms with E-state index >= 15 is 0 Å². The van der Waals surface area contributed by atoms with Gasteiger partial charge in [0.2, 0.25) is 0 Å². The van der Waals surface area contributed by atoms with E-state index in [0.717, 1.165) is 14.9 Å². The number of aromatic nitrogens is 1. The minimum Gasteiger partial charge on any atom is -0.383 e. The molecule has 6 heteroatoms. The molecule has 2 aromatic rings. The van der Waals surface area contributed by atoms with Crippen LogP contribution in [-0.2, 0) is 0 Å². The van der Waals surface area contributed by atoms with E-state index in [1.807, 2.05) is 0 Å². The van der Waals surface area contributed by atoms with Crippen LogP contribution in [0.1, 0.15) is 16.5 Å². The molecule has 0 bridgehead atoms. The highest BCUT2D eigenvalue weighted by atomic mass is 79.9. The predicted octanol–water partition coefficient (Wildman–Crippen LogP) is 4.40. The molecular weight excluding hydrogens is 377 g/mol. The second-order valence-corrected chi connectivity index (χ2v) is 6.00. The molecule has 2 rings (SSSR count). The zero-order chi connectivity index (χ0) is 11.7. The van der Waals surface area contributed by atoms with E-state index < -0.39 is 6.10 Å². The van der Waals surface area contributed by atoms with Crippen LogP contribution in [0.15, 0.2) is 32.8 Å². The molecule has 1 unspecified atom stereocenters. The molecule has 1 N–H and O–H groups in total. The van der Waals surface area contributed by atoms with Crippen molar-refractivity contribution in [1.82, 2.24) is 4.98 Å². The van der Waals surface area contributed by atoms with Crippen LogP contribution in [0, 0.1) is 0 Å². The average Bonchev–Trinajstić information content (AvgIpc) is 2.63. The lowest BCUT2D eigenvalue weighted by Crippen LogP contribution is -1.99. The van der Waals surface area contributed by atoms with Gasteiger partial charge in [0.15, 0.2) is 0 Å². The van der Waals surface area contributed by atoms with Crippen molar-refractivity contribution in [1.29, 1.82) is 0 Å². The highest BCUT2D eigenvalue weighted by molar-refractivity contribution is 9.10. The van der Waals surface area contributed by atoms with E-state index in [4.69, 9.17) is 11.6 Å². The number of aliphatic hydroxyl groups excluding tert-OH is 1. The number of benzene rings is 1. The Hall–Kier alpha value is 0.0600. The lowest BCUT2D eigenvalue weighted by atomic mass is 10.1. The van der Waals surface area contributed by atoms with E-state index in [9.17, 15) is 5.11 Å².